The number of hydrogen-bond acceptors (Lipinski definition) is 6. The summed E-state index contributed by atoms with van der Waals surface area (Å²) in [5.74, 6) is -0.340. The van der Waals surface area contributed by atoms with E-state index in [0.717, 1.165) is 16.9 Å². The third kappa shape index (κ3) is 4.22. The first kappa shape index (κ1) is 17.5. The van der Waals surface area contributed by atoms with E-state index in [1.165, 1.54) is 18.3 Å². The molecule has 0 radical (unpaired) electrons. The molecule has 25 heavy (non-hydrogen) atoms. The number of thiazole rings is 1. The summed E-state index contributed by atoms with van der Waals surface area (Å²) in [6.45, 7) is 2.45. The summed E-state index contributed by atoms with van der Waals surface area (Å²) in [4.78, 5) is 27.9. The molecule has 2 heterocycles. The van der Waals surface area contributed by atoms with Gasteiger partial charge in [-0.3, -0.25) is 9.59 Å². The number of aromatic nitrogens is 1. The van der Waals surface area contributed by atoms with E-state index in [2.05, 4.69) is 15.6 Å². The largest absolute Gasteiger partial charge is 0.381 e. The number of carbonyl (C=O) groups is 2. The van der Waals surface area contributed by atoms with Gasteiger partial charge in [-0.2, -0.15) is 0 Å². The first-order valence-corrected chi connectivity index (χ1v) is 8.86. The molecule has 1 aliphatic heterocycles. The van der Waals surface area contributed by atoms with E-state index >= 15 is 0 Å². The number of anilines is 2. The average molecular weight is 360 g/mol. The van der Waals surface area contributed by atoms with Gasteiger partial charge in [-0.25, -0.2) is 4.98 Å². The van der Waals surface area contributed by atoms with Gasteiger partial charge in [0.15, 0.2) is 5.13 Å². The molecule has 4 N–H and O–H groups in total. The Bertz CT molecular complexity index is 766. The molecule has 132 valence electrons. The number of nitrogens with one attached hydrogen (secondary N) is 2. The first-order valence-electron chi connectivity index (χ1n) is 7.98. The summed E-state index contributed by atoms with van der Waals surface area (Å²) >= 11 is 1.35. The van der Waals surface area contributed by atoms with Crippen LogP contribution in [0, 0.1) is 0 Å². The van der Waals surface area contributed by atoms with Crippen LogP contribution >= 0.6 is 11.3 Å². The van der Waals surface area contributed by atoms with Crippen LogP contribution in [0.25, 0.3) is 11.3 Å². The van der Waals surface area contributed by atoms with E-state index < -0.39 is 5.54 Å². The zero-order valence-corrected chi connectivity index (χ0v) is 14.7. The summed E-state index contributed by atoms with van der Waals surface area (Å²) < 4.78 is 5.26. The SMILES string of the molecule is CC(=O)Nc1ccc(-c2csc(NC(=O)C3(N)CCOCC3)n2)cc1. The Morgan fingerprint density at radius 2 is 1.88 bits per heavy atom. The van der Waals surface area contributed by atoms with E-state index in [-0.39, 0.29) is 11.8 Å². The second kappa shape index (κ2) is 7.30. The number of hydrogen-bond donors (Lipinski definition) is 3. The molecule has 1 saturated heterocycles. The van der Waals surface area contributed by atoms with Crippen molar-refractivity contribution in [1.29, 1.82) is 0 Å². The van der Waals surface area contributed by atoms with Crippen LogP contribution in [-0.4, -0.2) is 35.6 Å². The molecule has 0 bridgehead atoms. The predicted octanol–water partition coefficient (Wildman–Crippen LogP) is 2.21. The van der Waals surface area contributed by atoms with Gasteiger partial charge in [0.2, 0.25) is 11.8 Å². The highest BCUT2D eigenvalue weighted by atomic mass is 32.1. The summed E-state index contributed by atoms with van der Waals surface area (Å²) in [7, 11) is 0. The summed E-state index contributed by atoms with van der Waals surface area (Å²) in [5, 5.41) is 7.92. The third-order valence-electron chi connectivity index (χ3n) is 4.06. The van der Waals surface area contributed by atoms with Crippen LogP contribution < -0.4 is 16.4 Å². The fraction of sp³-hybridized carbons (Fsp3) is 0.353. The van der Waals surface area contributed by atoms with Gasteiger partial charge in [0, 0.05) is 36.8 Å². The molecule has 0 spiro atoms. The number of carbonyl (C=O) groups excluding carboxylic acids is 2. The van der Waals surface area contributed by atoms with Crippen LogP contribution in [0.15, 0.2) is 29.6 Å². The molecular formula is C17H20N4O3S. The fourth-order valence-corrected chi connectivity index (χ4v) is 3.29. The lowest BCUT2D eigenvalue weighted by Gasteiger charge is -2.31. The number of nitrogens with two attached hydrogens (primary N) is 1. The van der Waals surface area contributed by atoms with Gasteiger partial charge >= 0.3 is 0 Å². The van der Waals surface area contributed by atoms with Crippen molar-refractivity contribution in [3.63, 3.8) is 0 Å². The minimum absolute atomic E-state index is 0.116. The van der Waals surface area contributed by atoms with Crippen LogP contribution in [0.5, 0.6) is 0 Å². The maximum atomic E-state index is 12.4. The molecule has 0 atom stereocenters. The van der Waals surface area contributed by atoms with Crippen LogP contribution in [0.3, 0.4) is 0 Å². The fourth-order valence-electron chi connectivity index (χ4n) is 2.58. The zero-order chi connectivity index (χ0) is 17.9. The van der Waals surface area contributed by atoms with Crippen LogP contribution in [0.2, 0.25) is 0 Å². The Morgan fingerprint density at radius 3 is 2.52 bits per heavy atom. The molecule has 2 aromatic rings. The van der Waals surface area contributed by atoms with Gasteiger partial charge in [-0.1, -0.05) is 12.1 Å². The van der Waals surface area contributed by atoms with E-state index in [4.69, 9.17) is 10.5 Å². The zero-order valence-electron chi connectivity index (χ0n) is 13.9. The van der Waals surface area contributed by atoms with Crippen molar-refractivity contribution < 1.29 is 14.3 Å². The molecule has 0 unspecified atom stereocenters. The highest BCUT2D eigenvalue weighted by Crippen LogP contribution is 2.27. The molecule has 1 fully saturated rings. The normalized spacial score (nSPS) is 16.2. The summed E-state index contributed by atoms with van der Waals surface area (Å²) in [6.07, 6.45) is 1.00. The van der Waals surface area contributed by atoms with Crippen molar-refractivity contribution >= 4 is 34.0 Å². The number of nitrogens with zero attached hydrogens (tertiary/aromatic N) is 1. The lowest BCUT2D eigenvalue weighted by Crippen LogP contribution is -2.54. The van der Waals surface area contributed by atoms with E-state index in [9.17, 15) is 9.59 Å². The van der Waals surface area contributed by atoms with Crippen molar-refractivity contribution in [2.24, 2.45) is 5.73 Å². The van der Waals surface area contributed by atoms with Crippen molar-refractivity contribution in [3.8, 4) is 11.3 Å². The van der Waals surface area contributed by atoms with E-state index in [0.29, 0.717) is 31.2 Å². The Kier molecular flexibility index (Phi) is 5.12. The molecule has 0 saturated carbocycles. The quantitative estimate of drug-likeness (QED) is 0.775. The maximum Gasteiger partial charge on any atom is 0.246 e. The Hall–Kier alpha value is -2.29. The molecule has 2 amide bonds. The van der Waals surface area contributed by atoms with Crippen LogP contribution in [0.4, 0.5) is 10.8 Å². The minimum Gasteiger partial charge on any atom is -0.381 e. The lowest BCUT2D eigenvalue weighted by atomic mass is 9.90. The van der Waals surface area contributed by atoms with Crippen molar-refractivity contribution in [2.75, 3.05) is 23.8 Å². The van der Waals surface area contributed by atoms with Gasteiger partial charge in [-0.05, 0) is 25.0 Å². The second-order valence-corrected chi connectivity index (χ2v) is 6.88. The molecule has 7 nitrogen and oxygen atoms in total. The Labute approximate surface area is 149 Å². The van der Waals surface area contributed by atoms with Crippen LogP contribution in [-0.2, 0) is 14.3 Å². The summed E-state index contributed by atoms with van der Waals surface area (Å²) in [6, 6.07) is 7.36. The first-order chi connectivity index (χ1) is 12.0. The van der Waals surface area contributed by atoms with E-state index in [1.807, 2.05) is 29.6 Å². The standard InChI is InChI=1S/C17H20N4O3S/c1-11(22)19-13-4-2-12(3-5-13)14-10-25-16(20-14)21-15(23)17(18)6-8-24-9-7-17/h2-5,10H,6-9,18H2,1H3,(H,19,22)(H,20,21,23). The number of amides is 2. The second-order valence-electron chi connectivity index (χ2n) is 6.02. The number of rotatable bonds is 4. The Morgan fingerprint density at radius 1 is 1.20 bits per heavy atom. The third-order valence-corrected chi connectivity index (χ3v) is 4.82. The lowest BCUT2D eigenvalue weighted by molar-refractivity contribution is -0.124. The molecule has 8 heteroatoms. The topological polar surface area (TPSA) is 106 Å². The van der Waals surface area contributed by atoms with Gasteiger partial charge in [-0.15, -0.1) is 11.3 Å². The van der Waals surface area contributed by atoms with Gasteiger partial charge in [0.25, 0.3) is 0 Å². The maximum absolute atomic E-state index is 12.4. The smallest absolute Gasteiger partial charge is 0.246 e. The van der Waals surface area contributed by atoms with Crippen LogP contribution in [0.1, 0.15) is 19.8 Å². The highest BCUT2D eigenvalue weighted by molar-refractivity contribution is 7.14. The molecule has 0 aliphatic carbocycles. The number of benzene rings is 1. The molecular weight excluding hydrogens is 340 g/mol. The highest BCUT2D eigenvalue weighted by Gasteiger charge is 2.36. The predicted molar refractivity (Wildman–Crippen MR) is 97.5 cm³/mol. The van der Waals surface area contributed by atoms with E-state index in [1.54, 1.807) is 0 Å². The number of ether oxygens (including phenoxy) is 1. The molecule has 1 aromatic carbocycles. The van der Waals surface area contributed by atoms with Crippen molar-refractivity contribution in [3.05, 3.63) is 29.6 Å². The molecule has 1 aromatic heterocycles. The molecule has 1 aliphatic rings. The summed E-state index contributed by atoms with van der Waals surface area (Å²) in [5.41, 5.74) is 7.66. The Balaban J connectivity index is 1.67. The van der Waals surface area contributed by atoms with Gasteiger partial charge in [0.05, 0.1) is 5.69 Å². The van der Waals surface area contributed by atoms with Crippen molar-refractivity contribution in [1.82, 2.24) is 4.98 Å². The van der Waals surface area contributed by atoms with Crippen molar-refractivity contribution in [2.45, 2.75) is 25.3 Å². The minimum atomic E-state index is -0.899. The van der Waals surface area contributed by atoms with Gasteiger partial charge < -0.3 is 21.1 Å². The van der Waals surface area contributed by atoms with Gasteiger partial charge in [0.1, 0.15) is 5.54 Å². The monoisotopic (exact) mass is 360 g/mol. The molecule has 3 rings (SSSR count). The average Bonchev–Trinajstić information content (AvgIpc) is 3.04.